The molecule has 0 atom stereocenters. The summed E-state index contributed by atoms with van der Waals surface area (Å²) in [6, 6.07) is 8.73. The number of carboxylic acids is 1. The van der Waals surface area contributed by atoms with E-state index in [-0.39, 0.29) is 12.5 Å². The molecule has 2 rings (SSSR count). The topological polar surface area (TPSA) is 80.0 Å². The van der Waals surface area contributed by atoms with Crippen LogP contribution in [-0.2, 0) is 17.8 Å². The van der Waals surface area contributed by atoms with Gasteiger partial charge in [-0.15, -0.1) is 0 Å². The van der Waals surface area contributed by atoms with Crippen molar-refractivity contribution in [2.75, 3.05) is 13.7 Å². The Morgan fingerprint density at radius 3 is 2.46 bits per heavy atom. The van der Waals surface area contributed by atoms with Gasteiger partial charge in [-0.3, -0.25) is 4.79 Å². The van der Waals surface area contributed by atoms with Crippen LogP contribution >= 0.6 is 0 Å². The van der Waals surface area contributed by atoms with Gasteiger partial charge in [-0.1, -0.05) is 19.1 Å². The molecular formula is C18H21NO5. The average molecular weight is 331 g/mol. The quantitative estimate of drug-likeness (QED) is 0.844. The van der Waals surface area contributed by atoms with E-state index in [0.717, 1.165) is 23.3 Å². The van der Waals surface area contributed by atoms with Gasteiger partial charge in [0.1, 0.15) is 11.5 Å². The molecule has 0 aliphatic rings. The number of carbonyl (C=O) groups is 2. The van der Waals surface area contributed by atoms with Crippen molar-refractivity contribution in [1.82, 2.24) is 4.90 Å². The Kier molecular flexibility index (Phi) is 5.63. The molecule has 0 bridgehead atoms. The Balaban J connectivity index is 1.99. The third kappa shape index (κ3) is 4.38. The molecule has 1 N–H and O–H groups in total. The number of furan rings is 1. The minimum absolute atomic E-state index is 0.177. The van der Waals surface area contributed by atoms with Crippen LogP contribution in [0.4, 0.5) is 0 Å². The molecule has 0 aliphatic heterocycles. The van der Waals surface area contributed by atoms with Crippen LogP contribution in [0.5, 0.6) is 5.75 Å². The zero-order chi connectivity index (χ0) is 17.7. The maximum atomic E-state index is 12.4. The fraction of sp³-hybridized carbons (Fsp3) is 0.333. The molecule has 0 saturated heterocycles. The van der Waals surface area contributed by atoms with Crippen molar-refractivity contribution in [2.45, 2.75) is 26.8 Å². The first-order valence-corrected chi connectivity index (χ1v) is 7.69. The maximum Gasteiger partial charge on any atom is 0.341 e. The van der Waals surface area contributed by atoms with Crippen molar-refractivity contribution in [3.05, 3.63) is 53.0 Å². The summed E-state index contributed by atoms with van der Waals surface area (Å²) in [7, 11) is 1.71. The first-order valence-electron chi connectivity index (χ1n) is 7.69. The zero-order valence-electron chi connectivity index (χ0n) is 14.0. The molecule has 24 heavy (non-hydrogen) atoms. The van der Waals surface area contributed by atoms with Crippen molar-refractivity contribution >= 4 is 11.9 Å². The van der Waals surface area contributed by atoms with Gasteiger partial charge in [0.2, 0.25) is 0 Å². The highest BCUT2D eigenvalue weighted by atomic mass is 16.5. The van der Waals surface area contributed by atoms with Crippen LogP contribution in [0, 0.1) is 6.92 Å². The lowest BCUT2D eigenvalue weighted by Gasteiger charge is -2.16. The Hall–Kier alpha value is -2.76. The summed E-state index contributed by atoms with van der Waals surface area (Å²) >= 11 is 0. The van der Waals surface area contributed by atoms with Gasteiger partial charge in [-0.05, 0) is 36.2 Å². The van der Waals surface area contributed by atoms with Crippen LogP contribution in [0.3, 0.4) is 0 Å². The standard InChI is InChI=1S/C18H21NO5/c1-4-15-12(2)9-16(24-15)18(22)19(3)10-13-5-7-14(8-6-13)23-11-17(20)21/h5-9H,4,10-11H2,1-3H3,(H,20,21). The number of carbonyl (C=O) groups excluding carboxylic acids is 1. The SMILES string of the molecule is CCc1oc(C(=O)N(C)Cc2ccc(OCC(=O)O)cc2)cc1C. The minimum atomic E-state index is -1.02. The Bertz CT molecular complexity index is 718. The van der Waals surface area contributed by atoms with E-state index < -0.39 is 5.97 Å². The van der Waals surface area contributed by atoms with Gasteiger partial charge in [-0.25, -0.2) is 4.79 Å². The smallest absolute Gasteiger partial charge is 0.341 e. The van der Waals surface area contributed by atoms with E-state index in [9.17, 15) is 9.59 Å². The molecule has 0 saturated carbocycles. The number of ether oxygens (including phenoxy) is 1. The van der Waals surface area contributed by atoms with Crippen molar-refractivity contribution in [3.8, 4) is 5.75 Å². The second-order valence-electron chi connectivity index (χ2n) is 5.56. The molecule has 2 aromatic rings. The number of aliphatic carboxylic acids is 1. The molecule has 0 aliphatic carbocycles. The highest BCUT2D eigenvalue weighted by Gasteiger charge is 2.18. The molecule has 128 valence electrons. The van der Waals surface area contributed by atoms with Gasteiger partial charge in [0.05, 0.1) is 0 Å². The van der Waals surface area contributed by atoms with Crippen molar-refractivity contribution in [3.63, 3.8) is 0 Å². The normalized spacial score (nSPS) is 10.5. The van der Waals surface area contributed by atoms with E-state index in [1.165, 1.54) is 0 Å². The number of benzene rings is 1. The summed E-state index contributed by atoms with van der Waals surface area (Å²) in [4.78, 5) is 24.5. The summed E-state index contributed by atoms with van der Waals surface area (Å²) in [6.07, 6.45) is 0.751. The maximum absolute atomic E-state index is 12.4. The second kappa shape index (κ2) is 7.68. The van der Waals surface area contributed by atoms with Crippen molar-refractivity contribution < 1.29 is 23.8 Å². The van der Waals surface area contributed by atoms with Gasteiger partial charge in [0, 0.05) is 20.0 Å². The second-order valence-corrected chi connectivity index (χ2v) is 5.56. The summed E-state index contributed by atoms with van der Waals surface area (Å²) in [5.74, 6) is 0.443. The molecule has 0 radical (unpaired) electrons. The highest BCUT2D eigenvalue weighted by molar-refractivity contribution is 5.91. The molecular weight excluding hydrogens is 310 g/mol. The zero-order valence-corrected chi connectivity index (χ0v) is 14.0. The molecule has 0 spiro atoms. The first kappa shape index (κ1) is 17.6. The highest BCUT2D eigenvalue weighted by Crippen LogP contribution is 2.18. The molecule has 0 unspecified atom stereocenters. The Morgan fingerprint density at radius 2 is 1.92 bits per heavy atom. The third-order valence-corrected chi connectivity index (χ3v) is 3.60. The van der Waals surface area contributed by atoms with Gasteiger partial charge in [0.15, 0.2) is 12.4 Å². The van der Waals surface area contributed by atoms with Crippen LogP contribution in [0.25, 0.3) is 0 Å². The molecule has 1 aromatic carbocycles. The van der Waals surface area contributed by atoms with E-state index in [2.05, 4.69) is 0 Å². The number of hydrogen-bond acceptors (Lipinski definition) is 4. The molecule has 0 fully saturated rings. The molecule has 6 nitrogen and oxygen atoms in total. The van der Waals surface area contributed by atoms with E-state index in [1.807, 2.05) is 13.8 Å². The molecule has 1 heterocycles. The number of rotatable bonds is 7. The van der Waals surface area contributed by atoms with E-state index in [0.29, 0.717) is 18.1 Å². The summed E-state index contributed by atoms with van der Waals surface area (Å²) in [6.45, 7) is 3.95. The van der Waals surface area contributed by atoms with E-state index >= 15 is 0 Å². The van der Waals surface area contributed by atoms with Crippen LogP contribution in [0.2, 0.25) is 0 Å². The fourth-order valence-electron chi connectivity index (χ4n) is 2.35. The van der Waals surface area contributed by atoms with Crippen LogP contribution in [0.1, 0.15) is 34.4 Å². The van der Waals surface area contributed by atoms with Gasteiger partial charge in [-0.2, -0.15) is 0 Å². The van der Waals surface area contributed by atoms with Crippen molar-refractivity contribution in [2.24, 2.45) is 0 Å². The lowest BCUT2D eigenvalue weighted by molar-refractivity contribution is -0.139. The lowest BCUT2D eigenvalue weighted by atomic mass is 10.2. The van der Waals surface area contributed by atoms with Gasteiger partial charge in [0.25, 0.3) is 5.91 Å². The summed E-state index contributed by atoms with van der Waals surface area (Å²) in [5.41, 5.74) is 1.89. The Morgan fingerprint density at radius 1 is 1.25 bits per heavy atom. The molecule has 1 amide bonds. The minimum Gasteiger partial charge on any atom is -0.482 e. The predicted octanol–water partition coefficient (Wildman–Crippen LogP) is 2.89. The number of carboxylic acid groups (broad SMARTS) is 1. The van der Waals surface area contributed by atoms with E-state index in [1.54, 1.807) is 42.3 Å². The van der Waals surface area contributed by atoms with Crippen LogP contribution in [-0.4, -0.2) is 35.5 Å². The predicted molar refractivity (Wildman–Crippen MR) is 88.2 cm³/mol. The first-order chi connectivity index (χ1) is 11.4. The van der Waals surface area contributed by atoms with Crippen LogP contribution in [0.15, 0.2) is 34.7 Å². The van der Waals surface area contributed by atoms with Crippen molar-refractivity contribution in [1.29, 1.82) is 0 Å². The number of aryl methyl sites for hydroxylation is 2. The fourth-order valence-corrected chi connectivity index (χ4v) is 2.35. The van der Waals surface area contributed by atoms with E-state index in [4.69, 9.17) is 14.3 Å². The van der Waals surface area contributed by atoms with Gasteiger partial charge >= 0.3 is 5.97 Å². The average Bonchev–Trinajstić information content (AvgIpc) is 2.94. The molecule has 6 heteroatoms. The monoisotopic (exact) mass is 331 g/mol. The summed E-state index contributed by atoms with van der Waals surface area (Å²) in [5, 5.41) is 8.58. The Labute approximate surface area is 140 Å². The third-order valence-electron chi connectivity index (χ3n) is 3.60. The summed E-state index contributed by atoms with van der Waals surface area (Å²) < 4.78 is 10.7. The van der Waals surface area contributed by atoms with Crippen LogP contribution < -0.4 is 4.74 Å². The number of amides is 1. The molecule has 1 aromatic heterocycles. The largest absolute Gasteiger partial charge is 0.482 e. The number of hydrogen-bond donors (Lipinski definition) is 1. The lowest BCUT2D eigenvalue weighted by Crippen LogP contribution is -2.25. The number of nitrogens with zero attached hydrogens (tertiary/aromatic N) is 1. The van der Waals surface area contributed by atoms with Gasteiger partial charge < -0.3 is 19.2 Å².